The number of halogens is 1. The minimum atomic E-state index is 0.0417. The fourth-order valence-corrected chi connectivity index (χ4v) is 2.71. The van der Waals surface area contributed by atoms with Crippen molar-refractivity contribution in [3.8, 4) is 0 Å². The number of likely N-dealkylation sites (tertiary alicyclic amines) is 1. The number of nitrogens with zero attached hydrogens (tertiary/aromatic N) is 1. The molecule has 1 fully saturated rings. The van der Waals surface area contributed by atoms with E-state index in [1.54, 1.807) is 12.1 Å². The maximum absolute atomic E-state index is 12.2. The quantitative estimate of drug-likeness (QED) is 0.943. The Balaban J connectivity index is 1.45. The molecule has 0 spiro atoms. The van der Waals surface area contributed by atoms with Crippen LogP contribution in [0.25, 0.3) is 0 Å². The molecule has 0 aromatic carbocycles. The summed E-state index contributed by atoms with van der Waals surface area (Å²) in [5, 5.41) is 3.85. The van der Waals surface area contributed by atoms with Gasteiger partial charge in [-0.05, 0) is 42.6 Å². The van der Waals surface area contributed by atoms with Crippen molar-refractivity contribution in [2.45, 2.75) is 25.4 Å². The summed E-state index contributed by atoms with van der Waals surface area (Å²) >= 11 is 5.74. The minimum absolute atomic E-state index is 0.0417. The molecular formula is C15H17ClN2O3. The van der Waals surface area contributed by atoms with Gasteiger partial charge < -0.3 is 19.1 Å². The molecule has 1 saturated heterocycles. The molecule has 3 heterocycles. The Morgan fingerprint density at radius 3 is 2.76 bits per heavy atom. The van der Waals surface area contributed by atoms with E-state index in [4.69, 9.17) is 20.4 Å². The molecule has 3 rings (SSSR count). The molecule has 0 atom stereocenters. The summed E-state index contributed by atoms with van der Waals surface area (Å²) in [6.45, 7) is 2.16. The Morgan fingerprint density at radius 1 is 1.33 bits per heavy atom. The summed E-state index contributed by atoms with van der Waals surface area (Å²) in [5.74, 6) is 0.872. The van der Waals surface area contributed by atoms with E-state index in [9.17, 15) is 4.79 Å². The molecule has 21 heavy (non-hydrogen) atoms. The van der Waals surface area contributed by atoms with Crippen molar-refractivity contribution in [2.75, 3.05) is 13.1 Å². The van der Waals surface area contributed by atoms with Crippen LogP contribution in [0.4, 0.5) is 0 Å². The monoisotopic (exact) mass is 308 g/mol. The SMILES string of the molecule is O=C(c1ccoc1)N1CCC(NCc2ccc(Cl)o2)CC1. The number of carbonyl (C=O) groups is 1. The molecule has 6 heteroatoms. The molecule has 0 saturated carbocycles. The highest BCUT2D eigenvalue weighted by Crippen LogP contribution is 2.16. The first-order chi connectivity index (χ1) is 10.2. The summed E-state index contributed by atoms with van der Waals surface area (Å²) in [7, 11) is 0. The van der Waals surface area contributed by atoms with Crippen LogP contribution in [0.5, 0.6) is 0 Å². The van der Waals surface area contributed by atoms with Gasteiger partial charge in [0.25, 0.3) is 5.91 Å². The number of hydrogen-bond donors (Lipinski definition) is 1. The molecule has 1 aliphatic rings. The van der Waals surface area contributed by atoms with Gasteiger partial charge in [-0.2, -0.15) is 0 Å². The van der Waals surface area contributed by atoms with E-state index < -0.39 is 0 Å². The Bertz CT molecular complexity index is 586. The van der Waals surface area contributed by atoms with Gasteiger partial charge in [0.2, 0.25) is 0 Å². The zero-order chi connectivity index (χ0) is 14.7. The van der Waals surface area contributed by atoms with E-state index in [2.05, 4.69) is 5.32 Å². The Hall–Kier alpha value is -1.72. The highest BCUT2D eigenvalue weighted by molar-refractivity contribution is 6.28. The van der Waals surface area contributed by atoms with Crippen molar-refractivity contribution >= 4 is 17.5 Å². The summed E-state index contributed by atoms with van der Waals surface area (Å²) in [4.78, 5) is 14.0. The molecule has 2 aromatic heterocycles. The van der Waals surface area contributed by atoms with Crippen molar-refractivity contribution in [2.24, 2.45) is 0 Å². The fraction of sp³-hybridized carbons (Fsp3) is 0.400. The lowest BCUT2D eigenvalue weighted by atomic mass is 10.0. The third kappa shape index (κ3) is 3.49. The minimum Gasteiger partial charge on any atom is -0.472 e. The first-order valence-corrected chi connectivity index (χ1v) is 7.39. The highest BCUT2D eigenvalue weighted by Gasteiger charge is 2.23. The van der Waals surface area contributed by atoms with Crippen LogP contribution < -0.4 is 5.32 Å². The standard InChI is InChI=1S/C15H17ClN2O3/c16-14-2-1-13(21-14)9-17-12-3-6-18(7-4-12)15(19)11-5-8-20-10-11/h1-2,5,8,10,12,17H,3-4,6-7,9H2. The van der Waals surface area contributed by atoms with Crippen LogP contribution in [0, 0.1) is 0 Å². The van der Waals surface area contributed by atoms with Crippen molar-refractivity contribution in [1.82, 2.24) is 10.2 Å². The van der Waals surface area contributed by atoms with E-state index in [0.717, 1.165) is 31.7 Å². The molecule has 112 valence electrons. The summed E-state index contributed by atoms with van der Waals surface area (Å²) < 4.78 is 10.3. The van der Waals surface area contributed by atoms with Gasteiger partial charge in [0.15, 0.2) is 5.22 Å². The average Bonchev–Trinajstić information content (AvgIpc) is 3.16. The summed E-state index contributed by atoms with van der Waals surface area (Å²) in [6.07, 6.45) is 4.87. The lowest BCUT2D eigenvalue weighted by Gasteiger charge is -2.32. The maximum atomic E-state index is 12.2. The third-order valence-electron chi connectivity index (χ3n) is 3.74. The van der Waals surface area contributed by atoms with E-state index in [1.165, 1.54) is 12.5 Å². The van der Waals surface area contributed by atoms with Gasteiger partial charge in [-0.3, -0.25) is 4.79 Å². The van der Waals surface area contributed by atoms with Gasteiger partial charge in [-0.15, -0.1) is 0 Å². The second kappa shape index (κ2) is 6.37. The van der Waals surface area contributed by atoms with E-state index in [1.807, 2.05) is 11.0 Å². The number of furan rings is 2. The molecule has 0 radical (unpaired) electrons. The summed E-state index contributed by atoms with van der Waals surface area (Å²) in [6, 6.07) is 5.70. The van der Waals surface area contributed by atoms with E-state index >= 15 is 0 Å². The van der Waals surface area contributed by atoms with E-state index in [-0.39, 0.29) is 5.91 Å². The van der Waals surface area contributed by atoms with Gasteiger partial charge in [0.1, 0.15) is 12.0 Å². The second-order valence-corrected chi connectivity index (χ2v) is 5.54. The highest BCUT2D eigenvalue weighted by atomic mass is 35.5. The molecule has 1 aliphatic heterocycles. The van der Waals surface area contributed by atoms with E-state index in [0.29, 0.717) is 23.4 Å². The van der Waals surface area contributed by atoms with Crippen LogP contribution in [-0.4, -0.2) is 29.9 Å². The zero-order valence-corrected chi connectivity index (χ0v) is 12.3. The van der Waals surface area contributed by atoms with Gasteiger partial charge in [-0.25, -0.2) is 0 Å². The topological polar surface area (TPSA) is 58.6 Å². The smallest absolute Gasteiger partial charge is 0.257 e. The Kier molecular flexibility index (Phi) is 4.31. The van der Waals surface area contributed by atoms with Crippen LogP contribution in [-0.2, 0) is 6.54 Å². The second-order valence-electron chi connectivity index (χ2n) is 5.17. The Morgan fingerprint density at radius 2 is 2.14 bits per heavy atom. The lowest BCUT2D eigenvalue weighted by Crippen LogP contribution is -2.44. The predicted molar refractivity (Wildman–Crippen MR) is 78.2 cm³/mol. The van der Waals surface area contributed by atoms with Crippen LogP contribution in [0.3, 0.4) is 0 Å². The fourth-order valence-electron chi connectivity index (χ4n) is 2.55. The predicted octanol–water partition coefficient (Wildman–Crippen LogP) is 2.92. The molecular weight excluding hydrogens is 292 g/mol. The number of rotatable bonds is 4. The number of carbonyl (C=O) groups excluding carboxylic acids is 1. The van der Waals surface area contributed by atoms with Gasteiger partial charge in [0, 0.05) is 19.1 Å². The number of piperidine rings is 1. The average molecular weight is 309 g/mol. The van der Waals surface area contributed by atoms with Crippen LogP contribution >= 0.6 is 11.6 Å². The largest absolute Gasteiger partial charge is 0.472 e. The van der Waals surface area contributed by atoms with Crippen molar-refractivity contribution in [3.05, 3.63) is 47.3 Å². The molecule has 0 aliphatic carbocycles. The van der Waals surface area contributed by atoms with Crippen molar-refractivity contribution < 1.29 is 13.6 Å². The van der Waals surface area contributed by atoms with Crippen LogP contribution in [0.1, 0.15) is 29.0 Å². The number of nitrogens with one attached hydrogen (secondary N) is 1. The molecule has 5 nitrogen and oxygen atoms in total. The first-order valence-electron chi connectivity index (χ1n) is 7.01. The molecule has 0 unspecified atom stereocenters. The maximum Gasteiger partial charge on any atom is 0.257 e. The van der Waals surface area contributed by atoms with Gasteiger partial charge in [-0.1, -0.05) is 0 Å². The van der Waals surface area contributed by atoms with Gasteiger partial charge >= 0.3 is 0 Å². The van der Waals surface area contributed by atoms with Crippen LogP contribution in [0.15, 0.2) is 39.6 Å². The number of hydrogen-bond acceptors (Lipinski definition) is 4. The van der Waals surface area contributed by atoms with Crippen LogP contribution in [0.2, 0.25) is 5.22 Å². The Labute approximate surface area is 127 Å². The normalized spacial score (nSPS) is 16.3. The zero-order valence-electron chi connectivity index (χ0n) is 11.5. The molecule has 2 aromatic rings. The summed E-state index contributed by atoms with van der Waals surface area (Å²) in [5.41, 5.74) is 0.617. The first kappa shape index (κ1) is 14.2. The van der Waals surface area contributed by atoms with Crippen molar-refractivity contribution in [3.63, 3.8) is 0 Å². The number of amides is 1. The third-order valence-corrected chi connectivity index (χ3v) is 3.95. The lowest BCUT2D eigenvalue weighted by molar-refractivity contribution is 0.0703. The molecule has 1 N–H and O–H groups in total. The molecule has 1 amide bonds. The van der Waals surface area contributed by atoms with Gasteiger partial charge in [0.05, 0.1) is 18.4 Å². The molecule has 0 bridgehead atoms. The van der Waals surface area contributed by atoms with Crippen molar-refractivity contribution in [1.29, 1.82) is 0 Å².